The zero-order valence-corrected chi connectivity index (χ0v) is 15.2. The van der Waals surface area contributed by atoms with Gasteiger partial charge in [-0.1, -0.05) is 18.5 Å². The van der Waals surface area contributed by atoms with Crippen molar-refractivity contribution < 1.29 is 9.53 Å². The lowest BCUT2D eigenvalue weighted by Gasteiger charge is -2.30. The van der Waals surface area contributed by atoms with Crippen LogP contribution < -0.4 is 10.1 Å². The predicted molar refractivity (Wildman–Crippen MR) is 94.3 cm³/mol. The van der Waals surface area contributed by atoms with Crippen molar-refractivity contribution in [3.8, 4) is 5.75 Å². The number of hydrogen-bond acceptors (Lipinski definition) is 3. The molecule has 1 fully saturated rings. The molecule has 128 valence electrons. The molecule has 0 spiro atoms. The number of halogens is 1. The average molecular weight is 339 g/mol. The molecule has 1 aliphatic rings. The van der Waals surface area contributed by atoms with E-state index < -0.39 is 6.10 Å². The highest BCUT2D eigenvalue weighted by Gasteiger charge is 2.24. The molecule has 5 heteroatoms. The summed E-state index contributed by atoms with van der Waals surface area (Å²) in [5.41, 5.74) is 1.93. The second kappa shape index (κ2) is 8.02. The molecule has 1 N–H and O–H groups in total. The molecular weight excluding hydrogens is 312 g/mol. The molecule has 0 aromatic heterocycles. The van der Waals surface area contributed by atoms with E-state index in [2.05, 4.69) is 17.3 Å². The SMILES string of the molecule is CC[C@H](Oc1cc(C)c(Cl)c(C)c1)C(=O)NC1CCN(C)CC1. The Labute approximate surface area is 144 Å². The minimum Gasteiger partial charge on any atom is -0.481 e. The summed E-state index contributed by atoms with van der Waals surface area (Å²) in [6.07, 6.45) is 2.17. The Morgan fingerprint density at radius 2 is 1.91 bits per heavy atom. The molecule has 1 aromatic carbocycles. The van der Waals surface area contributed by atoms with Gasteiger partial charge in [-0.25, -0.2) is 0 Å². The van der Waals surface area contributed by atoms with Gasteiger partial charge in [0.05, 0.1) is 0 Å². The fraction of sp³-hybridized carbons (Fsp3) is 0.611. The van der Waals surface area contributed by atoms with E-state index in [0.717, 1.165) is 42.1 Å². The Morgan fingerprint density at radius 1 is 1.35 bits per heavy atom. The first-order valence-electron chi connectivity index (χ1n) is 8.33. The van der Waals surface area contributed by atoms with E-state index in [1.165, 1.54) is 0 Å². The molecule has 1 atom stereocenters. The molecule has 0 bridgehead atoms. The van der Waals surface area contributed by atoms with Gasteiger partial charge in [0.15, 0.2) is 6.10 Å². The van der Waals surface area contributed by atoms with Crippen LogP contribution >= 0.6 is 11.6 Å². The first kappa shape index (κ1) is 18.1. The van der Waals surface area contributed by atoms with Gasteiger partial charge in [-0.15, -0.1) is 0 Å². The fourth-order valence-corrected chi connectivity index (χ4v) is 3.02. The lowest BCUT2D eigenvalue weighted by molar-refractivity contribution is -0.129. The predicted octanol–water partition coefficient (Wildman–Crippen LogP) is 3.32. The highest BCUT2D eigenvalue weighted by atomic mass is 35.5. The van der Waals surface area contributed by atoms with Crippen molar-refractivity contribution in [3.05, 3.63) is 28.3 Å². The summed E-state index contributed by atoms with van der Waals surface area (Å²) in [7, 11) is 2.11. The molecule has 0 radical (unpaired) electrons. The normalized spacial score (nSPS) is 17.8. The number of benzene rings is 1. The quantitative estimate of drug-likeness (QED) is 0.895. The smallest absolute Gasteiger partial charge is 0.261 e. The number of ether oxygens (including phenoxy) is 1. The second-order valence-electron chi connectivity index (χ2n) is 6.47. The fourth-order valence-electron chi connectivity index (χ4n) is 2.91. The van der Waals surface area contributed by atoms with Crippen molar-refractivity contribution in [1.29, 1.82) is 0 Å². The number of nitrogens with one attached hydrogen (secondary N) is 1. The number of piperidine rings is 1. The molecule has 0 saturated carbocycles. The van der Waals surface area contributed by atoms with Crippen molar-refractivity contribution in [1.82, 2.24) is 10.2 Å². The topological polar surface area (TPSA) is 41.6 Å². The van der Waals surface area contributed by atoms with Gasteiger partial charge >= 0.3 is 0 Å². The minimum atomic E-state index is -0.463. The van der Waals surface area contributed by atoms with E-state index in [-0.39, 0.29) is 11.9 Å². The second-order valence-corrected chi connectivity index (χ2v) is 6.85. The van der Waals surface area contributed by atoms with E-state index >= 15 is 0 Å². The Hall–Kier alpha value is -1.26. The zero-order chi connectivity index (χ0) is 17.0. The van der Waals surface area contributed by atoms with E-state index in [4.69, 9.17) is 16.3 Å². The molecule has 23 heavy (non-hydrogen) atoms. The van der Waals surface area contributed by atoms with Crippen LogP contribution in [0, 0.1) is 13.8 Å². The van der Waals surface area contributed by atoms with Gasteiger partial charge in [-0.3, -0.25) is 4.79 Å². The first-order valence-corrected chi connectivity index (χ1v) is 8.70. The van der Waals surface area contributed by atoms with Crippen LogP contribution in [0.25, 0.3) is 0 Å². The van der Waals surface area contributed by atoms with Crippen molar-refractivity contribution in [2.45, 2.75) is 52.2 Å². The third-order valence-corrected chi connectivity index (χ3v) is 5.01. The van der Waals surface area contributed by atoms with Crippen LogP contribution in [0.3, 0.4) is 0 Å². The zero-order valence-electron chi connectivity index (χ0n) is 14.5. The number of nitrogens with zero attached hydrogens (tertiary/aromatic N) is 1. The molecule has 0 unspecified atom stereocenters. The number of likely N-dealkylation sites (tertiary alicyclic amines) is 1. The van der Waals surface area contributed by atoms with Crippen molar-refractivity contribution >= 4 is 17.5 Å². The van der Waals surface area contributed by atoms with Crippen LogP contribution in [0.4, 0.5) is 0 Å². The Balaban J connectivity index is 1.97. The number of hydrogen-bond donors (Lipinski definition) is 1. The Bertz CT molecular complexity index is 531. The largest absolute Gasteiger partial charge is 0.481 e. The molecular formula is C18H27ClN2O2. The van der Waals surface area contributed by atoms with Crippen molar-refractivity contribution in [2.24, 2.45) is 0 Å². The summed E-state index contributed by atoms with van der Waals surface area (Å²) < 4.78 is 5.92. The van der Waals surface area contributed by atoms with E-state index in [1.54, 1.807) is 0 Å². The lowest BCUT2D eigenvalue weighted by atomic mass is 10.1. The van der Waals surface area contributed by atoms with Gasteiger partial charge in [0.2, 0.25) is 0 Å². The molecule has 1 aliphatic heterocycles. The summed E-state index contributed by atoms with van der Waals surface area (Å²) in [6, 6.07) is 4.03. The number of rotatable bonds is 5. The standard InChI is InChI=1S/C18H27ClN2O2/c1-5-16(18(22)20-14-6-8-21(4)9-7-14)23-15-10-12(2)17(19)13(3)11-15/h10-11,14,16H,5-9H2,1-4H3,(H,20,22)/t16-/m0/s1. The molecule has 1 heterocycles. The van der Waals surface area contributed by atoms with E-state index in [1.807, 2.05) is 32.9 Å². The van der Waals surface area contributed by atoms with Gasteiger partial charge in [0.25, 0.3) is 5.91 Å². The van der Waals surface area contributed by atoms with Crippen molar-refractivity contribution in [3.63, 3.8) is 0 Å². The highest BCUT2D eigenvalue weighted by molar-refractivity contribution is 6.32. The van der Waals surface area contributed by atoms with Crippen LogP contribution in [0.15, 0.2) is 12.1 Å². The molecule has 0 aliphatic carbocycles. The molecule has 1 saturated heterocycles. The van der Waals surface area contributed by atoms with Gasteiger partial charge in [0, 0.05) is 11.1 Å². The van der Waals surface area contributed by atoms with Gasteiger partial charge in [-0.2, -0.15) is 0 Å². The Kier molecular flexibility index (Phi) is 6.31. The number of aryl methyl sites for hydroxylation is 2. The van der Waals surface area contributed by atoms with E-state index in [0.29, 0.717) is 12.2 Å². The number of carbonyl (C=O) groups excluding carboxylic acids is 1. The number of carbonyl (C=O) groups is 1. The summed E-state index contributed by atoms with van der Waals surface area (Å²) >= 11 is 6.18. The van der Waals surface area contributed by atoms with E-state index in [9.17, 15) is 4.79 Å². The average Bonchev–Trinajstić information content (AvgIpc) is 2.52. The maximum Gasteiger partial charge on any atom is 0.261 e. The summed E-state index contributed by atoms with van der Waals surface area (Å²) in [5.74, 6) is 0.682. The van der Waals surface area contributed by atoms with Gasteiger partial charge in [0.1, 0.15) is 5.75 Å². The summed E-state index contributed by atoms with van der Waals surface area (Å²) in [5, 5.41) is 3.89. The van der Waals surface area contributed by atoms with Crippen LogP contribution in [-0.2, 0) is 4.79 Å². The highest BCUT2D eigenvalue weighted by Crippen LogP contribution is 2.26. The minimum absolute atomic E-state index is 0.0210. The first-order chi connectivity index (χ1) is 10.9. The molecule has 2 rings (SSSR count). The monoisotopic (exact) mass is 338 g/mol. The number of amides is 1. The molecule has 1 amide bonds. The maximum absolute atomic E-state index is 12.5. The summed E-state index contributed by atoms with van der Waals surface area (Å²) in [6.45, 7) is 7.91. The third-order valence-electron chi connectivity index (χ3n) is 4.42. The molecule has 4 nitrogen and oxygen atoms in total. The third kappa shape index (κ3) is 4.85. The van der Waals surface area contributed by atoms with Crippen molar-refractivity contribution in [2.75, 3.05) is 20.1 Å². The van der Waals surface area contributed by atoms with Gasteiger partial charge < -0.3 is 15.0 Å². The summed E-state index contributed by atoms with van der Waals surface area (Å²) in [4.78, 5) is 14.8. The maximum atomic E-state index is 12.5. The van der Waals surface area contributed by atoms with Crippen LogP contribution in [0.5, 0.6) is 5.75 Å². The molecule has 1 aromatic rings. The lowest BCUT2D eigenvalue weighted by Crippen LogP contribution is -2.47. The van der Waals surface area contributed by atoms with Crippen LogP contribution in [0.1, 0.15) is 37.3 Å². The van der Waals surface area contributed by atoms with Gasteiger partial charge in [-0.05, 0) is 76.5 Å². The van der Waals surface area contributed by atoms with Crippen LogP contribution in [0.2, 0.25) is 5.02 Å². The van der Waals surface area contributed by atoms with Crippen LogP contribution in [-0.4, -0.2) is 43.1 Å². The Morgan fingerprint density at radius 3 is 2.43 bits per heavy atom.